The highest BCUT2D eigenvalue weighted by Crippen LogP contribution is 2.39. The quantitative estimate of drug-likeness (QED) is 0.719. The Balaban J connectivity index is 1.75. The van der Waals surface area contributed by atoms with Gasteiger partial charge < -0.3 is 4.90 Å². The maximum atomic E-state index is 13.9. The first-order valence-corrected chi connectivity index (χ1v) is 8.34. The van der Waals surface area contributed by atoms with E-state index in [1.54, 1.807) is 17.4 Å². The number of nitrogens with zero attached hydrogens (tertiary/aromatic N) is 4. The lowest BCUT2D eigenvalue weighted by atomic mass is 9.98. The molecule has 0 spiro atoms. The number of hydrogen-bond acceptors (Lipinski definition) is 4. The molecule has 0 saturated carbocycles. The molecule has 1 atom stereocenters. The summed E-state index contributed by atoms with van der Waals surface area (Å²) in [6, 6.07) is 5.43. The Kier molecular flexibility index (Phi) is 3.33. The van der Waals surface area contributed by atoms with Gasteiger partial charge in [0.2, 0.25) is 0 Å². The molecule has 0 N–H and O–H groups in total. The summed E-state index contributed by atoms with van der Waals surface area (Å²) in [5, 5.41) is 5.20. The number of thiazole rings is 1. The summed E-state index contributed by atoms with van der Waals surface area (Å²) in [6.45, 7) is 0.959. The molecule has 6 heteroatoms. The maximum Gasteiger partial charge on any atom is 0.187 e. The number of piperidine rings is 1. The van der Waals surface area contributed by atoms with Gasteiger partial charge in [-0.25, -0.2) is 9.37 Å². The molecule has 1 fully saturated rings. The number of aromatic nitrogens is 3. The van der Waals surface area contributed by atoms with Gasteiger partial charge in [-0.1, -0.05) is 17.4 Å². The summed E-state index contributed by atoms with van der Waals surface area (Å²) in [4.78, 5) is 6.87. The van der Waals surface area contributed by atoms with Gasteiger partial charge >= 0.3 is 0 Å². The molecule has 0 radical (unpaired) electrons. The van der Waals surface area contributed by atoms with Gasteiger partial charge in [0.05, 0.1) is 16.9 Å². The summed E-state index contributed by atoms with van der Waals surface area (Å²) in [6.07, 6.45) is 7.43. The summed E-state index contributed by atoms with van der Waals surface area (Å²) >= 11 is 1.57. The van der Waals surface area contributed by atoms with Crippen molar-refractivity contribution in [3.63, 3.8) is 0 Å². The standard InChI is InChI=1S/C16H17FN4S/c1-20-10-11(9-18-20)13-6-2-3-8-21(13)16-19-15-12(17)5-4-7-14(15)22-16/h4-5,7,9-10,13H,2-3,6,8H2,1H3. The van der Waals surface area contributed by atoms with E-state index < -0.39 is 0 Å². The number of hydrogen-bond donors (Lipinski definition) is 0. The van der Waals surface area contributed by atoms with Crippen molar-refractivity contribution in [3.8, 4) is 0 Å². The SMILES string of the molecule is Cn1cc(C2CCCCN2c2nc3c(F)cccc3s2)cn1. The molecule has 4 nitrogen and oxygen atoms in total. The second-order valence-electron chi connectivity index (χ2n) is 5.74. The zero-order valence-corrected chi connectivity index (χ0v) is 13.2. The zero-order chi connectivity index (χ0) is 15.1. The van der Waals surface area contributed by atoms with Crippen LogP contribution in [0.1, 0.15) is 30.9 Å². The van der Waals surface area contributed by atoms with E-state index in [2.05, 4.69) is 21.2 Å². The van der Waals surface area contributed by atoms with Gasteiger partial charge in [0.25, 0.3) is 0 Å². The monoisotopic (exact) mass is 316 g/mol. The fourth-order valence-electron chi connectivity index (χ4n) is 3.15. The third-order valence-electron chi connectivity index (χ3n) is 4.22. The van der Waals surface area contributed by atoms with E-state index in [9.17, 15) is 4.39 Å². The first-order chi connectivity index (χ1) is 10.7. The molecule has 1 saturated heterocycles. The van der Waals surface area contributed by atoms with Crippen LogP contribution < -0.4 is 4.90 Å². The van der Waals surface area contributed by atoms with Crippen LogP contribution in [0.25, 0.3) is 10.2 Å². The summed E-state index contributed by atoms with van der Waals surface area (Å²) in [7, 11) is 1.93. The first kappa shape index (κ1) is 13.7. The van der Waals surface area contributed by atoms with E-state index in [1.807, 2.05) is 24.0 Å². The topological polar surface area (TPSA) is 34.0 Å². The number of aryl methyl sites for hydroxylation is 1. The van der Waals surface area contributed by atoms with E-state index in [0.717, 1.165) is 29.2 Å². The number of rotatable bonds is 2. The summed E-state index contributed by atoms with van der Waals surface area (Å²) < 4.78 is 16.6. The van der Waals surface area contributed by atoms with Gasteiger partial charge in [-0.2, -0.15) is 5.10 Å². The molecule has 4 rings (SSSR count). The first-order valence-electron chi connectivity index (χ1n) is 7.52. The van der Waals surface area contributed by atoms with Crippen LogP contribution in [-0.2, 0) is 7.05 Å². The Morgan fingerprint density at radius 1 is 1.32 bits per heavy atom. The van der Waals surface area contributed by atoms with Crippen LogP contribution in [0.3, 0.4) is 0 Å². The van der Waals surface area contributed by atoms with Gasteiger partial charge in [0.15, 0.2) is 5.13 Å². The molecule has 0 bridgehead atoms. The highest BCUT2D eigenvalue weighted by molar-refractivity contribution is 7.22. The van der Waals surface area contributed by atoms with E-state index in [-0.39, 0.29) is 11.9 Å². The van der Waals surface area contributed by atoms with Gasteiger partial charge in [-0.15, -0.1) is 0 Å². The molecule has 3 aromatic rings. The van der Waals surface area contributed by atoms with Gasteiger partial charge in [-0.3, -0.25) is 4.68 Å². The molecule has 1 aliphatic rings. The number of anilines is 1. The second kappa shape index (κ2) is 5.35. The van der Waals surface area contributed by atoms with Crippen LogP contribution in [0.2, 0.25) is 0 Å². The molecule has 1 aromatic carbocycles. The minimum absolute atomic E-state index is 0.241. The molecule has 0 aliphatic carbocycles. The summed E-state index contributed by atoms with van der Waals surface area (Å²) in [5.74, 6) is -0.241. The molecule has 1 aliphatic heterocycles. The third-order valence-corrected chi connectivity index (χ3v) is 5.27. The van der Waals surface area contributed by atoms with Crippen LogP contribution >= 0.6 is 11.3 Å². The molecule has 22 heavy (non-hydrogen) atoms. The van der Waals surface area contributed by atoms with Crippen LogP contribution in [0.4, 0.5) is 9.52 Å². The van der Waals surface area contributed by atoms with Gasteiger partial charge in [0, 0.05) is 25.4 Å². The van der Waals surface area contributed by atoms with Crippen molar-refractivity contribution >= 4 is 26.7 Å². The van der Waals surface area contributed by atoms with E-state index in [1.165, 1.54) is 18.1 Å². The highest BCUT2D eigenvalue weighted by atomic mass is 32.1. The predicted molar refractivity (Wildman–Crippen MR) is 86.7 cm³/mol. The summed E-state index contributed by atoms with van der Waals surface area (Å²) in [5.41, 5.74) is 1.69. The lowest BCUT2D eigenvalue weighted by Crippen LogP contribution is -2.33. The Morgan fingerprint density at radius 3 is 3.00 bits per heavy atom. The lowest BCUT2D eigenvalue weighted by Gasteiger charge is -2.35. The number of benzene rings is 1. The van der Waals surface area contributed by atoms with Crippen LogP contribution in [0, 0.1) is 5.82 Å². The van der Waals surface area contributed by atoms with Crippen molar-refractivity contribution in [1.82, 2.24) is 14.8 Å². The smallest absolute Gasteiger partial charge is 0.187 e. The zero-order valence-electron chi connectivity index (χ0n) is 12.4. The lowest BCUT2D eigenvalue weighted by molar-refractivity contribution is 0.472. The Morgan fingerprint density at radius 2 is 2.23 bits per heavy atom. The predicted octanol–water partition coefficient (Wildman–Crippen LogP) is 3.90. The Bertz CT molecular complexity index is 809. The van der Waals surface area contributed by atoms with Crippen LogP contribution in [0.5, 0.6) is 0 Å². The van der Waals surface area contributed by atoms with Crippen LogP contribution in [0.15, 0.2) is 30.6 Å². The normalized spacial score (nSPS) is 19.0. The van der Waals surface area contributed by atoms with Crippen LogP contribution in [-0.4, -0.2) is 21.3 Å². The van der Waals surface area contributed by atoms with E-state index >= 15 is 0 Å². The fourth-order valence-corrected chi connectivity index (χ4v) is 4.20. The number of para-hydroxylation sites is 1. The fraction of sp³-hybridized carbons (Fsp3) is 0.375. The molecule has 2 aromatic heterocycles. The van der Waals surface area contributed by atoms with E-state index in [0.29, 0.717) is 5.52 Å². The third kappa shape index (κ3) is 2.27. The van der Waals surface area contributed by atoms with Crippen molar-refractivity contribution < 1.29 is 4.39 Å². The second-order valence-corrected chi connectivity index (χ2v) is 6.74. The van der Waals surface area contributed by atoms with Gasteiger partial charge in [0.1, 0.15) is 11.3 Å². The van der Waals surface area contributed by atoms with E-state index in [4.69, 9.17) is 0 Å². The maximum absolute atomic E-state index is 13.9. The van der Waals surface area contributed by atoms with Crippen molar-refractivity contribution in [3.05, 3.63) is 42.0 Å². The van der Waals surface area contributed by atoms with Crippen molar-refractivity contribution in [2.45, 2.75) is 25.3 Å². The average Bonchev–Trinajstić information content (AvgIpc) is 3.14. The number of halogens is 1. The van der Waals surface area contributed by atoms with Gasteiger partial charge in [-0.05, 0) is 31.4 Å². The molecule has 0 amide bonds. The molecular formula is C16H17FN4S. The van der Waals surface area contributed by atoms with Crippen molar-refractivity contribution in [2.24, 2.45) is 7.05 Å². The molecular weight excluding hydrogens is 299 g/mol. The Labute approximate surface area is 132 Å². The largest absolute Gasteiger partial charge is 0.341 e. The minimum Gasteiger partial charge on any atom is -0.341 e. The van der Waals surface area contributed by atoms with Crippen molar-refractivity contribution in [1.29, 1.82) is 0 Å². The minimum atomic E-state index is -0.241. The number of fused-ring (bicyclic) bond motifs is 1. The van der Waals surface area contributed by atoms with Crippen molar-refractivity contribution in [2.75, 3.05) is 11.4 Å². The Hall–Kier alpha value is -1.95. The average molecular weight is 316 g/mol. The molecule has 3 heterocycles. The molecule has 114 valence electrons. The highest BCUT2D eigenvalue weighted by Gasteiger charge is 2.27. The molecule has 1 unspecified atom stereocenters.